The molecule has 0 radical (unpaired) electrons. The van der Waals surface area contributed by atoms with Crippen molar-refractivity contribution < 1.29 is 18.9 Å². The zero-order valence-corrected chi connectivity index (χ0v) is 15.0. The number of rotatable bonds is 4. The molecule has 2 aromatic carbocycles. The van der Waals surface area contributed by atoms with Crippen LogP contribution in [0.4, 0.5) is 21.5 Å². The van der Waals surface area contributed by atoms with Gasteiger partial charge in [0.25, 0.3) is 0 Å². The van der Waals surface area contributed by atoms with Crippen molar-refractivity contribution in [3.05, 3.63) is 62.9 Å². The maximum absolute atomic E-state index is 13.4. The third-order valence-corrected chi connectivity index (χ3v) is 4.78. The van der Waals surface area contributed by atoms with Crippen molar-refractivity contribution in [3.8, 4) is 0 Å². The molecule has 1 atom stereocenters. The molecule has 0 aliphatic carbocycles. The third-order valence-electron chi connectivity index (χ3n) is 4.37. The highest BCUT2D eigenvalue weighted by molar-refractivity contribution is 6.31. The standard InChI is InChI=1S/C18H15ClFN3O4/c1-10-2-4-13(8-14(10)19)22-9-11(6-17(22)24)18(25)21-12-3-5-15(20)16(7-12)23(26)27/h2-5,7-8,11H,6,9H2,1H3,(H,21,25)/t11-/m0/s1. The lowest BCUT2D eigenvalue weighted by Gasteiger charge is -2.17. The van der Waals surface area contributed by atoms with Crippen LogP contribution < -0.4 is 10.2 Å². The lowest BCUT2D eigenvalue weighted by atomic mass is 10.1. The fraction of sp³-hybridized carbons (Fsp3) is 0.222. The number of nitro benzene ring substituents is 1. The Kier molecular flexibility index (Phi) is 5.09. The fourth-order valence-corrected chi connectivity index (χ4v) is 3.03. The molecule has 1 heterocycles. The van der Waals surface area contributed by atoms with Crippen molar-refractivity contribution in [2.24, 2.45) is 5.92 Å². The summed E-state index contributed by atoms with van der Waals surface area (Å²) in [7, 11) is 0. The van der Waals surface area contributed by atoms with Gasteiger partial charge in [-0.05, 0) is 36.8 Å². The van der Waals surface area contributed by atoms with Gasteiger partial charge in [0.05, 0.1) is 10.8 Å². The Balaban J connectivity index is 1.73. The summed E-state index contributed by atoms with van der Waals surface area (Å²) in [6, 6.07) is 8.29. The van der Waals surface area contributed by atoms with E-state index in [1.807, 2.05) is 6.92 Å². The number of anilines is 2. The minimum absolute atomic E-state index is 0.000612. The van der Waals surface area contributed by atoms with Crippen LogP contribution in [-0.4, -0.2) is 23.3 Å². The molecule has 1 aliphatic rings. The summed E-state index contributed by atoms with van der Waals surface area (Å²) in [6.07, 6.45) is 0.000612. The maximum atomic E-state index is 13.4. The number of nitro groups is 1. The molecule has 27 heavy (non-hydrogen) atoms. The predicted octanol–water partition coefficient (Wildman–Crippen LogP) is 3.69. The van der Waals surface area contributed by atoms with E-state index in [9.17, 15) is 24.1 Å². The van der Waals surface area contributed by atoms with Gasteiger partial charge in [-0.25, -0.2) is 0 Å². The van der Waals surface area contributed by atoms with Gasteiger partial charge >= 0.3 is 5.69 Å². The van der Waals surface area contributed by atoms with Crippen LogP contribution in [0.25, 0.3) is 0 Å². The first-order valence-electron chi connectivity index (χ1n) is 8.07. The van der Waals surface area contributed by atoms with Gasteiger partial charge in [-0.1, -0.05) is 17.7 Å². The molecule has 140 valence electrons. The average molecular weight is 392 g/mol. The van der Waals surface area contributed by atoms with Gasteiger partial charge in [0.1, 0.15) is 0 Å². The molecular formula is C18H15ClFN3O4. The number of benzene rings is 2. The summed E-state index contributed by atoms with van der Waals surface area (Å²) in [4.78, 5) is 36.1. The first-order chi connectivity index (χ1) is 12.8. The molecule has 0 bridgehead atoms. The number of aryl methyl sites for hydroxylation is 1. The fourth-order valence-electron chi connectivity index (χ4n) is 2.86. The normalized spacial score (nSPS) is 16.5. The van der Waals surface area contributed by atoms with E-state index in [4.69, 9.17) is 11.6 Å². The quantitative estimate of drug-likeness (QED) is 0.635. The molecule has 0 spiro atoms. The lowest BCUT2D eigenvalue weighted by Crippen LogP contribution is -2.28. The Morgan fingerprint density at radius 2 is 2.07 bits per heavy atom. The maximum Gasteiger partial charge on any atom is 0.306 e. The molecule has 1 aliphatic heterocycles. The average Bonchev–Trinajstić information content (AvgIpc) is 3.00. The minimum Gasteiger partial charge on any atom is -0.326 e. The zero-order valence-electron chi connectivity index (χ0n) is 14.2. The molecule has 3 rings (SSSR count). The third kappa shape index (κ3) is 3.90. The molecule has 2 amide bonds. The Labute approximate surface area is 158 Å². The Morgan fingerprint density at radius 3 is 2.74 bits per heavy atom. The molecule has 0 saturated carbocycles. The van der Waals surface area contributed by atoms with Crippen molar-refractivity contribution in [2.45, 2.75) is 13.3 Å². The minimum atomic E-state index is -0.989. The van der Waals surface area contributed by atoms with Gasteiger partial charge in [0.15, 0.2) is 0 Å². The second-order valence-electron chi connectivity index (χ2n) is 6.25. The van der Waals surface area contributed by atoms with Crippen LogP contribution in [0.1, 0.15) is 12.0 Å². The van der Waals surface area contributed by atoms with Gasteiger partial charge in [0.2, 0.25) is 17.6 Å². The van der Waals surface area contributed by atoms with Crippen molar-refractivity contribution in [1.82, 2.24) is 0 Å². The number of nitrogens with zero attached hydrogens (tertiary/aromatic N) is 2. The van der Waals surface area contributed by atoms with Gasteiger partial charge in [-0.2, -0.15) is 4.39 Å². The number of carbonyl (C=O) groups excluding carboxylic acids is 2. The van der Waals surface area contributed by atoms with Crippen LogP contribution in [0.2, 0.25) is 5.02 Å². The lowest BCUT2D eigenvalue weighted by molar-refractivity contribution is -0.387. The summed E-state index contributed by atoms with van der Waals surface area (Å²) in [5.74, 6) is -2.32. The topological polar surface area (TPSA) is 92.6 Å². The first-order valence-corrected chi connectivity index (χ1v) is 8.45. The molecule has 1 fully saturated rings. The number of carbonyl (C=O) groups is 2. The summed E-state index contributed by atoms with van der Waals surface area (Å²) in [6.45, 7) is 2.00. The largest absolute Gasteiger partial charge is 0.326 e. The molecule has 1 saturated heterocycles. The predicted molar refractivity (Wildman–Crippen MR) is 98.3 cm³/mol. The van der Waals surface area contributed by atoms with Crippen LogP contribution in [-0.2, 0) is 9.59 Å². The van der Waals surface area contributed by atoms with Gasteiger partial charge in [-0.3, -0.25) is 19.7 Å². The first kappa shape index (κ1) is 18.8. The molecule has 7 nitrogen and oxygen atoms in total. The van der Waals surface area contributed by atoms with Crippen LogP contribution in [0.5, 0.6) is 0 Å². The Hall–Kier alpha value is -3.00. The monoisotopic (exact) mass is 391 g/mol. The van der Waals surface area contributed by atoms with Crippen molar-refractivity contribution in [2.75, 3.05) is 16.8 Å². The second-order valence-corrected chi connectivity index (χ2v) is 6.66. The highest BCUT2D eigenvalue weighted by Crippen LogP contribution is 2.30. The molecule has 1 N–H and O–H groups in total. The number of nitrogens with one attached hydrogen (secondary N) is 1. The molecule has 2 aromatic rings. The number of hydrogen-bond acceptors (Lipinski definition) is 4. The van der Waals surface area contributed by atoms with E-state index in [1.165, 1.54) is 11.0 Å². The number of amides is 2. The van der Waals surface area contributed by atoms with E-state index < -0.39 is 28.3 Å². The van der Waals surface area contributed by atoms with E-state index in [1.54, 1.807) is 18.2 Å². The van der Waals surface area contributed by atoms with Gasteiger partial charge in [0, 0.05) is 35.4 Å². The van der Waals surface area contributed by atoms with Gasteiger partial charge < -0.3 is 10.2 Å². The Bertz CT molecular complexity index is 950. The SMILES string of the molecule is Cc1ccc(N2C[C@@H](C(=O)Nc3ccc(F)c([N+](=O)[O-])c3)CC2=O)cc1Cl. The van der Waals surface area contributed by atoms with E-state index in [0.717, 1.165) is 17.7 Å². The van der Waals surface area contributed by atoms with Crippen LogP contribution in [0, 0.1) is 28.8 Å². The number of hydrogen-bond donors (Lipinski definition) is 1. The summed E-state index contributed by atoms with van der Waals surface area (Å²) in [5.41, 5.74) is 0.839. The van der Waals surface area contributed by atoms with Crippen LogP contribution in [0.15, 0.2) is 36.4 Å². The highest BCUT2D eigenvalue weighted by Gasteiger charge is 2.35. The smallest absolute Gasteiger partial charge is 0.306 e. The molecule has 9 heteroatoms. The highest BCUT2D eigenvalue weighted by atomic mass is 35.5. The van der Waals surface area contributed by atoms with Crippen molar-refractivity contribution in [1.29, 1.82) is 0 Å². The van der Waals surface area contributed by atoms with E-state index in [-0.39, 0.29) is 24.6 Å². The number of halogens is 2. The Morgan fingerprint density at radius 1 is 1.33 bits per heavy atom. The second kappa shape index (κ2) is 7.32. The zero-order chi connectivity index (χ0) is 19.7. The van der Waals surface area contributed by atoms with Crippen LogP contribution in [0.3, 0.4) is 0 Å². The van der Waals surface area contributed by atoms with Crippen molar-refractivity contribution >= 4 is 40.5 Å². The summed E-state index contributed by atoms with van der Waals surface area (Å²) in [5, 5.41) is 13.8. The molecular weight excluding hydrogens is 377 g/mol. The van der Waals surface area contributed by atoms with Gasteiger partial charge in [-0.15, -0.1) is 0 Å². The summed E-state index contributed by atoms with van der Waals surface area (Å²) >= 11 is 6.10. The molecule has 0 unspecified atom stereocenters. The van der Waals surface area contributed by atoms with E-state index >= 15 is 0 Å². The molecule has 0 aromatic heterocycles. The van der Waals surface area contributed by atoms with Crippen molar-refractivity contribution in [3.63, 3.8) is 0 Å². The van der Waals surface area contributed by atoms with Crippen LogP contribution >= 0.6 is 11.6 Å². The van der Waals surface area contributed by atoms with E-state index in [2.05, 4.69) is 5.32 Å². The summed E-state index contributed by atoms with van der Waals surface area (Å²) < 4.78 is 13.4. The van der Waals surface area contributed by atoms with E-state index in [0.29, 0.717) is 10.7 Å².